The Labute approximate surface area is 154 Å². The van der Waals surface area contributed by atoms with Crippen molar-refractivity contribution in [2.45, 2.75) is 19.1 Å². The van der Waals surface area contributed by atoms with Crippen LogP contribution in [0.25, 0.3) is 6.08 Å². The summed E-state index contributed by atoms with van der Waals surface area (Å²) in [6.45, 7) is 1.35. The second-order valence-corrected chi connectivity index (χ2v) is 5.76. The number of hydrogen-bond donors (Lipinski definition) is 1. The van der Waals surface area contributed by atoms with E-state index in [2.05, 4.69) is 5.32 Å². The van der Waals surface area contributed by atoms with Gasteiger partial charge in [0.15, 0.2) is 6.61 Å². The van der Waals surface area contributed by atoms with Crippen LogP contribution in [0.2, 0.25) is 0 Å². The molecule has 0 aliphatic rings. The summed E-state index contributed by atoms with van der Waals surface area (Å²) >= 11 is 0. The Kier molecular flexibility index (Phi) is 6.76. The monoisotopic (exact) mass is 377 g/mol. The molecular formula is C20H18F3NO3. The highest BCUT2D eigenvalue weighted by Crippen LogP contribution is 2.29. The molecule has 0 aliphatic carbocycles. The summed E-state index contributed by atoms with van der Waals surface area (Å²) in [6, 6.07) is 13.4. The Hall–Kier alpha value is -3.09. The van der Waals surface area contributed by atoms with Crippen molar-refractivity contribution in [1.82, 2.24) is 5.32 Å². The molecule has 142 valence electrons. The molecule has 1 atom stereocenters. The van der Waals surface area contributed by atoms with Crippen molar-refractivity contribution < 1.29 is 27.5 Å². The third kappa shape index (κ3) is 6.62. The molecule has 1 N–H and O–H groups in total. The van der Waals surface area contributed by atoms with Crippen LogP contribution in [0.4, 0.5) is 13.2 Å². The number of carbonyl (C=O) groups is 2. The van der Waals surface area contributed by atoms with Gasteiger partial charge < -0.3 is 10.1 Å². The molecule has 2 aromatic carbocycles. The highest BCUT2D eigenvalue weighted by atomic mass is 19.4. The molecule has 4 nitrogen and oxygen atoms in total. The van der Waals surface area contributed by atoms with E-state index in [0.717, 1.165) is 23.8 Å². The van der Waals surface area contributed by atoms with E-state index in [1.165, 1.54) is 18.2 Å². The minimum absolute atomic E-state index is 0.236. The lowest BCUT2D eigenvalue weighted by Crippen LogP contribution is -2.30. The van der Waals surface area contributed by atoms with E-state index in [4.69, 9.17) is 4.74 Å². The van der Waals surface area contributed by atoms with Gasteiger partial charge in [-0.3, -0.25) is 4.79 Å². The molecule has 0 aromatic heterocycles. The topological polar surface area (TPSA) is 55.4 Å². The van der Waals surface area contributed by atoms with Crippen molar-refractivity contribution in [3.63, 3.8) is 0 Å². The first-order valence-corrected chi connectivity index (χ1v) is 8.12. The van der Waals surface area contributed by atoms with Gasteiger partial charge in [-0.1, -0.05) is 42.5 Å². The molecule has 27 heavy (non-hydrogen) atoms. The predicted octanol–water partition coefficient (Wildman–Crippen LogP) is 4.14. The first-order valence-electron chi connectivity index (χ1n) is 8.12. The van der Waals surface area contributed by atoms with E-state index < -0.39 is 30.2 Å². The molecule has 0 radical (unpaired) electrons. The largest absolute Gasteiger partial charge is 0.452 e. The van der Waals surface area contributed by atoms with Crippen LogP contribution in [0.5, 0.6) is 0 Å². The second-order valence-electron chi connectivity index (χ2n) is 5.76. The Morgan fingerprint density at radius 1 is 1.07 bits per heavy atom. The molecule has 0 fully saturated rings. The Morgan fingerprint density at radius 3 is 2.30 bits per heavy atom. The molecule has 0 spiro atoms. The average Bonchev–Trinajstić information content (AvgIpc) is 2.65. The number of esters is 1. The van der Waals surface area contributed by atoms with Crippen LogP contribution in [0, 0.1) is 0 Å². The lowest BCUT2D eigenvalue weighted by atomic mass is 10.1. The van der Waals surface area contributed by atoms with Crippen molar-refractivity contribution >= 4 is 18.0 Å². The molecule has 0 saturated heterocycles. The van der Waals surface area contributed by atoms with Gasteiger partial charge in [-0.2, -0.15) is 13.2 Å². The molecule has 0 heterocycles. The number of carbonyl (C=O) groups excluding carboxylic acids is 2. The SMILES string of the molecule is C[C@H](NC(=O)COC(=O)/C=C/c1ccc(C(F)(F)F)cc1)c1ccccc1. The summed E-state index contributed by atoms with van der Waals surface area (Å²) < 4.78 is 42.3. The first-order chi connectivity index (χ1) is 12.8. The van der Waals surface area contributed by atoms with E-state index >= 15 is 0 Å². The summed E-state index contributed by atoms with van der Waals surface area (Å²) in [6.07, 6.45) is -2.05. The fourth-order valence-corrected chi connectivity index (χ4v) is 2.24. The van der Waals surface area contributed by atoms with Crippen LogP contribution in [-0.4, -0.2) is 18.5 Å². The van der Waals surface area contributed by atoms with Crippen molar-refractivity contribution in [3.8, 4) is 0 Å². The molecule has 0 bridgehead atoms. The fraction of sp³-hybridized carbons (Fsp3) is 0.200. The molecule has 0 aliphatic heterocycles. The number of nitrogens with one attached hydrogen (secondary N) is 1. The zero-order valence-corrected chi connectivity index (χ0v) is 14.5. The van der Waals surface area contributed by atoms with Crippen LogP contribution in [0.15, 0.2) is 60.7 Å². The second kappa shape index (κ2) is 9.02. The quantitative estimate of drug-likeness (QED) is 0.608. The Balaban J connectivity index is 1.80. The molecule has 0 saturated carbocycles. The molecular weight excluding hydrogens is 359 g/mol. The highest BCUT2D eigenvalue weighted by Gasteiger charge is 2.29. The summed E-state index contributed by atoms with van der Waals surface area (Å²) in [5.74, 6) is -1.22. The van der Waals surface area contributed by atoms with Gasteiger partial charge >= 0.3 is 12.1 Å². The molecule has 7 heteroatoms. The van der Waals surface area contributed by atoms with Crippen LogP contribution in [-0.2, 0) is 20.5 Å². The normalized spacial score (nSPS) is 12.6. The number of halogens is 3. The zero-order chi connectivity index (χ0) is 19.9. The molecule has 2 rings (SSSR count). The van der Waals surface area contributed by atoms with Gasteiger partial charge in [0.1, 0.15) is 0 Å². The number of rotatable bonds is 6. The third-order valence-electron chi connectivity index (χ3n) is 3.67. The predicted molar refractivity (Wildman–Crippen MR) is 94.4 cm³/mol. The molecule has 1 amide bonds. The molecule has 2 aromatic rings. The summed E-state index contributed by atoms with van der Waals surface area (Å²) in [5, 5.41) is 2.70. The van der Waals surface area contributed by atoms with Gasteiger partial charge in [-0.05, 0) is 36.3 Å². The van der Waals surface area contributed by atoms with Crippen molar-refractivity contribution in [1.29, 1.82) is 0 Å². The number of alkyl halides is 3. The summed E-state index contributed by atoms with van der Waals surface area (Å²) in [7, 11) is 0. The van der Waals surface area contributed by atoms with Crippen LogP contribution >= 0.6 is 0 Å². The van der Waals surface area contributed by atoms with E-state index in [1.807, 2.05) is 30.3 Å². The maximum Gasteiger partial charge on any atom is 0.416 e. The van der Waals surface area contributed by atoms with E-state index in [9.17, 15) is 22.8 Å². The minimum Gasteiger partial charge on any atom is -0.452 e. The van der Waals surface area contributed by atoms with Crippen LogP contribution in [0.3, 0.4) is 0 Å². The standard InChI is InChI=1S/C20H18F3NO3/c1-14(16-5-3-2-4-6-16)24-18(25)13-27-19(26)12-9-15-7-10-17(11-8-15)20(21,22)23/h2-12,14H,13H2,1H3,(H,24,25)/b12-9+/t14-/m0/s1. The third-order valence-corrected chi connectivity index (χ3v) is 3.67. The van der Waals surface area contributed by atoms with Gasteiger partial charge in [0.05, 0.1) is 11.6 Å². The van der Waals surface area contributed by atoms with E-state index in [-0.39, 0.29) is 6.04 Å². The maximum absolute atomic E-state index is 12.5. The number of amides is 1. The van der Waals surface area contributed by atoms with Gasteiger partial charge in [0, 0.05) is 6.08 Å². The number of ether oxygens (including phenoxy) is 1. The summed E-state index contributed by atoms with van der Waals surface area (Å²) in [5.41, 5.74) is 0.549. The zero-order valence-electron chi connectivity index (χ0n) is 14.5. The van der Waals surface area contributed by atoms with Crippen LogP contribution < -0.4 is 5.32 Å². The van der Waals surface area contributed by atoms with Gasteiger partial charge in [-0.25, -0.2) is 4.79 Å². The van der Waals surface area contributed by atoms with Crippen molar-refractivity contribution in [2.24, 2.45) is 0 Å². The van der Waals surface area contributed by atoms with Crippen molar-refractivity contribution in [2.75, 3.05) is 6.61 Å². The van der Waals surface area contributed by atoms with Gasteiger partial charge in [0.25, 0.3) is 5.91 Å². The number of hydrogen-bond acceptors (Lipinski definition) is 3. The number of benzene rings is 2. The van der Waals surface area contributed by atoms with E-state index in [0.29, 0.717) is 5.56 Å². The minimum atomic E-state index is -4.41. The fourth-order valence-electron chi connectivity index (χ4n) is 2.24. The Morgan fingerprint density at radius 2 is 1.70 bits per heavy atom. The van der Waals surface area contributed by atoms with Crippen molar-refractivity contribution in [3.05, 3.63) is 77.4 Å². The van der Waals surface area contributed by atoms with Gasteiger partial charge in [0.2, 0.25) is 0 Å². The highest BCUT2D eigenvalue weighted by molar-refractivity contribution is 5.89. The van der Waals surface area contributed by atoms with E-state index in [1.54, 1.807) is 6.92 Å². The lowest BCUT2D eigenvalue weighted by Gasteiger charge is -2.13. The average molecular weight is 377 g/mol. The Bertz CT molecular complexity index is 799. The van der Waals surface area contributed by atoms with Crippen LogP contribution in [0.1, 0.15) is 29.7 Å². The smallest absolute Gasteiger partial charge is 0.416 e. The maximum atomic E-state index is 12.5. The van der Waals surface area contributed by atoms with Gasteiger partial charge in [-0.15, -0.1) is 0 Å². The summed E-state index contributed by atoms with van der Waals surface area (Å²) in [4.78, 5) is 23.5. The first kappa shape index (κ1) is 20.2. The molecule has 0 unspecified atom stereocenters. The lowest BCUT2D eigenvalue weighted by molar-refractivity contribution is -0.144.